The fourth-order valence-electron chi connectivity index (χ4n) is 3.59. The Morgan fingerprint density at radius 1 is 1.11 bits per heavy atom. The van der Waals surface area contributed by atoms with E-state index in [2.05, 4.69) is 65.6 Å². The summed E-state index contributed by atoms with van der Waals surface area (Å²) in [6.45, 7) is 21.1. The Bertz CT molecular complexity index is 286. The first kappa shape index (κ1) is 16.9. The molecule has 0 spiro atoms. The molecule has 1 fully saturated rings. The molecule has 1 aliphatic heterocycles. The first-order valence-electron chi connectivity index (χ1n) is 7.83. The molecular weight excluding hydrogens is 236 g/mol. The van der Waals surface area contributed by atoms with Crippen LogP contribution in [0.1, 0.15) is 55.4 Å². The van der Waals surface area contributed by atoms with Gasteiger partial charge in [0.25, 0.3) is 0 Å². The van der Waals surface area contributed by atoms with E-state index < -0.39 is 0 Å². The van der Waals surface area contributed by atoms with E-state index in [4.69, 9.17) is 4.74 Å². The average molecular weight is 270 g/mol. The highest BCUT2D eigenvalue weighted by Gasteiger charge is 2.53. The number of rotatable bonds is 6. The quantitative estimate of drug-likeness (QED) is 0.803. The zero-order valence-corrected chi connectivity index (χ0v) is 14.2. The van der Waals surface area contributed by atoms with Gasteiger partial charge in [0, 0.05) is 24.5 Å². The van der Waals surface area contributed by atoms with E-state index in [9.17, 15) is 0 Å². The molecule has 1 heterocycles. The number of ether oxygens (including phenoxy) is 1. The van der Waals surface area contributed by atoms with Crippen molar-refractivity contribution in [2.24, 2.45) is 5.92 Å². The predicted octanol–water partition coefficient (Wildman–Crippen LogP) is 2.90. The summed E-state index contributed by atoms with van der Waals surface area (Å²) in [6, 6.07) is 1.01. The third-order valence-corrected chi connectivity index (χ3v) is 4.56. The summed E-state index contributed by atoms with van der Waals surface area (Å²) in [7, 11) is 0. The number of nitrogens with zero attached hydrogens (tertiary/aromatic N) is 1. The standard InChI is InChI=1S/C16H34N2O/c1-9-17-14-13(11-18(10-2)12(3)4)15(5,6)19-16(14,7)8/h12-14,17H,9-11H2,1-8H3. The smallest absolute Gasteiger partial charge is 0.0790 e. The van der Waals surface area contributed by atoms with Crippen molar-refractivity contribution >= 4 is 0 Å². The van der Waals surface area contributed by atoms with Crippen molar-refractivity contribution in [2.45, 2.75) is 78.7 Å². The maximum Gasteiger partial charge on any atom is 0.0790 e. The van der Waals surface area contributed by atoms with Crippen molar-refractivity contribution in [3.8, 4) is 0 Å². The Morgan fingerprint density at radius 2 is 1.68 bits per heavy atom. The van der Waals surface area contributed by atoms with Crippen molar-refractivity contribution in [3.63, 3.8) is 0 Å². The average Bonchev–Trinajstić information content (AvgIpc) is 2.42. The van der Waals surface area contributed by atoms with Gasteiger partial charge >= 0.3 is 0 Å². The second kappa shape index (κ2) is 6.11. The van der Waals surface area contributed by atoms with Crippen LogP contribution in [-0.4, -0.2) is 47.8 Å². The fraction of sp³-hybridized carbons (Fsp3) is 1.00. The second-order valence-corrected chi connectivity index (χ2v) is 7.13. The van der Waals surface area contributed by atoms with Gasteiger partial charge in [-0.25, -0.2) is 0 Å². The molecule has 0 bridgehead atoms. The van der Waals surface area contributed by atoms with E-state index in [1.807, 2.05) is 0 Å². The minimum absolute atomic E-state index is 0.0708. The largest absolute Gasteiger partial charge is 0.368 e. The van der Waals surface area contributed by atoms with Crippen LogP contribution >= 0.6 is 0 Å². The minimum atomic E-state index is -0.0967. The van der Waals surface area contributed by atoms with Crippen molar-refractivity contribution < 1.29 is 4.74 Å². The molecular formula is C16H34N2O. The Labute approximate surface area is 120 Å². The molecule has 1 N–H and O–H groups in total. The van der Waals surface area contributed by atoms with Crippen LogP contribution in [0.25, 0.3) is 0 Å². The van der Waals surface area contributed by atoms with E-state index in [1.54, 1.807) is 0 Å². The summed E-state index contributed by atoms with van der Waals surface area (Å²) in [6.07, 6.45) is 0. The van der Waals surface area contributed by atoms with Gasteiger partial charge in [0.05, 0.1) is 11.2 Å². The molecule has 0 aromatic carbocycles. The highest BCUT2D eigenvalue weighted by molar-refractivity contribution is 5.06. The maximum atomic E-state index is 6.35. The molecule has 0 radical (unpaired) electrons. The van der Waals surface area contributed by atoms with E-state index in [0.29, 0.717) is 18.0 Å². The van der Waals surface area contributed by atoms with Crippen LogP contribution in [0.5, 0.6) is 0 Å². The Balaban J connectivity index is 2.92. The fourth-order valence-corrected chi connectivity index (χ4v) is 3.59. The predicted molar refractivity (Wildman–Crippen MR) is 82.6 cm³/mol. The normalized spacial score (nSPS) is 29.4. The molecule has 3 nitrogen and oxygen atoms in total. The summed E-state index contributed by atoms with van der Waals surface area (Å²) in [5.41, 5.74) is -0.167. The van der Waals surface area contributed by atoms with Crippen LogP contribution in [0.3, 0.4) is 0 Å². The third kappa shape index (κ3) is 3.71. The molecule has 0 amide bonds. The maximum absolute atomic E-state index is 6.35. The van der Waals surface area contributed by atoms with E-state index >= 15 is 0 Å². The number of likely N-dealkylation sites (N-methyl/N-ethyl adjacent to an activating group) is 1. The summed E-state index contributed by atoms with van der Waals surface area (Å²) in [5.74, 6) is 0.518. The van der Waals surface area contributed by atoms with Crippen molar-refractivity contribution in [1.82, 2.24) is 10.2 Å². The molecule has 3 heteroatoms. The monoisotopic (exact) mass is 270 g/mol. The Hall–Kier alpha value is -0.120. The number of nitrogens with one attached hydrogen (secondary N) is 1. The van der Waals surface area contributed by atoms with Gasteiger partial charge in [-0.15, -0.1) is 0 Å². The molecule has 0 aliphatic carbocycles. The van der Waals surface area contributed by atoms with Crippen LogP contribution in [-0.2, 0) is 4.74 Å². The van der Waals surface area contributed by atoms with Crippen LogP contribution in [0.2, 0.25) is 0 Å². The first-order chi connectivity index (χ1) is 8.65. The highest BCUT2D eigenvalue weighted by atomic mass is 16.5. The van der Waals surface area contributed by atoms with E-state index in [-0.39, 0.29) is 11.2 Å². The molecule has 1 rings (SSSR count). The van der Waals surface area contributed by atoms with Crippen molar-refractivity contribution in [3.05, 3.63) is 0 Å². The minimum Gasteiger partial charge on any atom is -0.368 e. The zero-order valence-electron chi connectivity index (χ0n) is 14.2. The molecule has 0 aromatic heterocycles. The summed E-state index contributed by atoms with van der Waals surface area (Å²) < 4.78 is 6.35. The van der Waals surface area contributed by atoms with Crippen molar-refractivity contribution in [2.75, 3.05) is 19.6 Å². The molecule has 0 saturated carbocycles. The Morgan fingerprint density at radius 3 is 2.11 bits per heavy atom. The topological polar surface area (TPSA) is 24.5 Å². The van der Waals surface area contributed by atoms with Gasteiger partial charge in [-0.05, 0) is 54.6 Å². The summed E-state index contributed by atoms with van der Waals surface area (Å²) >= 11 is 0. The van der Waals surface area contributed by atoms with Gasteiger partial charge in [-0.2, -0.15) is 0 Å². The van der Waals surface area contributed by atoms with Crippen LogP contribution in [0.4, 0.5) is 0 Å². The van der Waals surface area contributed by atoms with Gasteiger partial charge in [0.1, 0.15) is 0 Å². The molecule has 2 unspecified atom stereocenters. The van der Waals surface area contributed by atoms with Crippen molar-refractivity contribution in [1.29, 1.82) is 0 Å². The zero-order chi connectivity index (χ0) is 14.8. The van der Waals surface area contributed by atoms with Gasteiger partial charge in [-0.3, -0.25) is 0 Å². The molecule has 1 saturated heterocycles. The second-order valence-electron chi connectivity index (χ2n) is 7.13. The lowest BCUT2D eigenvalue weighted by atomic mass is 9.82. The van der Waals surface area contributed by atoms with E-state index in [1.165, 1.54) is 0 Å². The highest BCUT2D eigenvalue weighted by Crippen LogP contribution is 2.42. The number of hydrogen-bond donors (Lipinski definition) is 1. The van der Waals surface area contributed by atoms with Crippen LogP contribution in [0, 0.1) is 5.92 Å². The van der Waals surface area contributed by atoms with Crippen LogP contribution in [0.15, 0.2) is 0 Å². The molecule has 2 atom stereocenters. The molecule has 19 heavy (non-hydrogen) atoms. The molecule has 1 aliphatic rings. The van der Waals surface area contributed by atoms with Gasteiger partial charge in [0.15, 0.2) is 0 Å². The Kier molecular flexibility index (Phi) is 5.44. The summed E-state index contributed by atoms with van der Waals surface area (Å²) in [5, 5.41) is 3.66. The van der Waals surface area contributed by atoms with Crippen LogP contribution < -0.4 is 5.32 Å². The third-order valence-electron chi connectivity index (χ3n) is 4.56. The lowest BCUT2D eigenvalue weighted by Crippen LogP contribution is -2.51. The molecule has 0 aromatic rings. The lowest BCUT2D eigenvalue weighted by Gasteiger charge is -2.36. The lowest BCUT2D eigenvalue weighted by molar-refractivity contribution is -0.0799. The van der Waals surface area contributed by atoms with Gasteiger partial charge in [0.2, 0.25) is 0 Å². The summed E-state index contributed by atoms with van der Waals surface area (Å²) in [4.78, 5) is 2.54. The molecule has 114 valence electrons. The SMILES string of the molecule is CCNC1C(CN(CC)C(C)C)C(C)(C)OC1(C)C. The number of hydrogen-bond acceptors (Lipinski definition) is 3. The van der Waals surface area contributed by atoms with Gasteiger partial charge in [-0.1, -0.05) is 13.8 Å². The van der Waals surface area contributed by atoms with E-state index in [0.717, 1.165) is 19.6 Å². The van der Waals surface area contributed by atoms with Gasteiger partial charge < -0.3 is 15.0 Å². The first-order valence-corrected chi connectivity index (χ1v) is 7.83.